The van der Waals surface area contributed by atoms with E-state index in [1.807, 2.05) is 6.92 Å². The van der Waals surface area contributed by atoms with Crippen molar-refractivity contribution < 1.29 is 19.1 Å². The smallest absolute Gasteiger partial charge is 0.374 e. The zero-order valence-electron chi connectivity index (χ0n) is 7.61. The summed E-state index contributed by atoms with van der Waals surface area (Å²) in [6.07, 6.45) is 1.70. The Morgan fingerprint density at radius 1 is 1.77 bits per heavy atom. The van der Waals surface area contributed by atoms with Gasteiger partial charge in [-0.15, -0.1) is 0 Å². The average Bonchev–Trinajstić information content (AvgIpc) is 2.51. The Labute approximate surface area is 76.1 Å². The van der Waals surface area contributed by atoms with Gasteiger partial charge >= 0.3 is 5.97 Å². The van der Waals surface area contributed by atoms with E-state index in [1.165, 1.54) is 6.07 Å². The van der Waals surface area contributed by atoms with E-state index in [-0.39, 0.29) is 17.6 Å². The van der Waals surface area contributed by atoms with Crippen LogP contribution in [0.4, 0.5) is 0 Å². The van der Waals surface area contributed by atoms with Gasteiger partial charge in [-0.25, -0.2) is 4.79 Å². The van der Waals surface area contributed by atoms with Crippen LogP contribution in [-0.4, -0.2) is 17.2 Å². The van der Waals surface area contributed by atoms with Gasteiger partial charge in [0.15, 0.2) is 5.75 Å². The van der Waals surface area contributed by atoms with Gasteiger partial charge in [0.2, 0.25) is 5.76 Å². The molecule has 0 amide bonds. The summed E-state index contributed by atoms with van der Waals surface area (Å²) in [5.41, 5.74) is 0. The summed E-state index contributed by atoms with van der Waals surface area (Å²) in [5.74, 6) is -0.594. The molecule has 1 N–H and O–H groups in total. The molecule has 0 aliphatic carbocycles. The Kier molecular flexibility index (Phi) is 2.95. The molecule has 4 heteroatoms. The van der Waals surface area contributed by atoms with E-state index in [9.17, 15) is 4.79 Å². The minimum absolute atomic E-state index is 0.0257. The molecule has 0 aromatic carbocycles. The SMILES string of the molecule is CCC(C)OC(=O)c1cc(O)co1. The molecule has 1 unspecified atom stereocenters. The van der Waals surface area contributed by atoms with Crippen LogP contribution in [-0.2, 0) is 4.74 Å². The lowest BCUT2D eigenvalue weighted by molar-refractivity contribution is 0.0298. The average molecular weight is 184 g/mol. The van der Waals surface area contributed by atoms with E-state index < -0.39 is 5.97 Å². The van der Waals surface area contributed by atoms with Gasteiger partial charge in [-0.3, -0.25) is 0 Å². The minimum Gasteiger partial charge on any atom is -0.505 e. The number of carbonyl (C=O) groups excluding carboxylic acids is 1. The fourth-order valence-electron chi connectivity index (χ4n) is 0.757. The molecular formula is C9H12O4. The maximum absolute atomic E-state index is 11.2. The summed E-state index contributed by atoms with van der Waals surface area (Å²) in [6, 6.07) is 1.23. The Morgan fingerprint density at radius 2 is 2.46 bits per heavy atom. The molecule has 0 spiro atoms. The maximum atomic E-state index is 11.2. The van der Waals surface area contributed by atoms with Gasteiger partial charge in [0.05, 0.1) is 6.10 Å². The number of ether oxygens (including phenoxy) is 1. The normalized spacial score (nSPS) is 12.5. The minimum atomic E-state index is -0.547. The lowest BCUT2D eigenvalue weighted by Gasteiger charge is -2.08. The quantitative estimate of drug-likeness (QED) is 0.729. The monoisotopic (exact) mass is 184 g/mol. The molecule has 1 atom stereocenters. The highest BCUT2D eigenvalue weighted by molar-refractivity contribution is 5.86. The fraction of sp³-hybridized carbons (Fsp3) is 0.444. The van der Waals surface area contributed by atoms with Gasteiger partial charge in [-0.1, -0.05) is 6.92 Å². The van der Waals surface area contributed by atoms with Crippen molar-refractivity contribution in [2.75, 3.05) is 0 Å². The molecule has 72 valence electrons. The van der Waals surface area contributed by atoms with Gasteiger partial charge in [0.25, 0.3) is 0 Å². The van der Waals surface area contributed by atoms with E-state index >= 15 is 0 Å². The van der Waals surface area contributed by atoms with Gasteiger partial charge in [0, 0.05) is 6.07 Å². The Hall–Kier alpha value is -1.45. The number of hydrogen-bond acceptors (Lipinski definition) is 4. The van der Waals surface area contributed by atoms with E-state index in [1.54, 1.807) is 6.92 Å². The highest BCUT2D eigenvalue weighted by Crippen LogP contribution is 2.15. The number of furan rings is 1. The molecule has 0 aliphatic heterocycles. The van der Waals surface area contributed by atoms with Gasteiger partial charge in [-0.2, -0.15) is 0 Å². The number of esters is 1. The van der Waals surface area contributed by atoms with Crippen LogP contribution < -0.4 is 0 Å². The Bertz CT molecular complexity index is 290. The summed E-state index contributed by atoms with van der Waals surface area (Å²) in [6.45, 7) is 3.71. The Morgan fingerprint density at radius 3 is 2.92 bits per heavy atom. The molecule has 1 rings (SSSR count). The first-order chi connectivity index (χ1) is 6.13. The molecule has 1 aromatic rings. The molecule has 1 heterocycles. The maximum Gasteiger partial charge on any atom is 0.374 e. The van der Waals surface area contributed by atoms with Crippen molar-refractivity contribution in [1.29, 1.82) is 0 Å². The summed E-state index contributed by atoms with van der Waals surface area (Å²) in [7, 11) is 0. The van der Waals surface area contributed by atoms with E-state index in [4.69, 9.17) is 14.3 Å². The second-order valence-corrected chi connectivity index (χ2v) is 2.79. The van der Waals surface area contributed by atoms with Crippen LogP contribution >= 0.6 is 0 Å². The Balaban J connectivity index is 2.58. The third-order valence-corrected chi connectivity index (χ3v) is 1.67. The molecular weight excluding hydrogens is 172 g/mol. The molecule has 0 saturated carbocycles. The molecule has 0 fully saturated rings. The van der Waals surface area contributed by atoms with Crippen molar-refractivity contribution in [1.82, 2.24) is 0 Å². The third kappa shape index (κ3) is 2.50. The van der Waals surface area contributed by atoms with E-state index in [0.717, 1.165) is 12.7 Å². The lowest BCUT2D eigenvalue weighted by atomic mass is 10.3. The predicted octanol–water partition coefficient (Wildman–Crippen LogP) is 1.94. The second-order valence-electron chi connectivity index (χ2n) is 2.79. The topological polar surface area (TPSA) is 59.7 Å². The number of hydrogen-bond donors (Lipinski definition) is 1. The fourth-order valence-corrected chi connectivity index (χ4v) is 0.757. The van der Waals surface area contributed by atoms with Crippen LogP contribution in [0.2, 0.25) is 0 Å². The largest absolute Gasteiger partial charge is 0.505 e. The van der Waals surface area contributed by atoms with Crippen LogP contribution in [0.3, 0.4) is 0 Å². The number of aromatic hydroxyl groups is 1. The molecule has 4 nitrogen and oxygen atoms in total. The van der Waals surface area contributed by atoms with Crippen LogP contribution in [0.5, 0.6) is 5.75 Å². The van der Waals surface area contributed by atoms with Gasteiger partial charge in [0.1, 0.15) is 6.26 Å². The van der Waals surface area contributed by atoms with E-state index in [2.05, 4.69) is 0 Å². The van der Waals surface area contributed by atoms with Crippen LogP contribution in [0.1, 0.15) is 30.8 Å². The predicted molar refractivity (Wildman–Crippen MR) is 45.5 cm³/mol. The molecule has 13 heavy (non-hydrogen) atoms. The summed E-state index contributed by atoms with van der Waals surface area (Å²) < 4.78 is 9.70. The van der Waals surface area contributed by atoms with Gasteiger partial charge in [-0.05, 0) is 13.3 Å². The first kappa shape index (κ1) is 9.64. The van der Waals surface area contributed by atoms with Crippen molar-refractivity contribution in [3.05, 3.63) is 18.1 Å². The third-order valence-electron chi connectivity index (χ3n) is 1.67. The number of rotatable bonds is 3. The molecule has 0 saturated heterocycles. The van der Waals surface area contributed by atoms with Crippen molar-refractivity contribution in [2.24, 2.45) is 0 Å². The lowest BCUT2D eigenvalue weighted by Crippen LogP contribution is -2.13. The van der Waals surface area contributed by atoms with Crippen LogP contribution in [0.25, 0.3) is 0 Å². The molecule has 1 aromatic heterocycles. The highest BCUT2D eigenvalue weighted by Gasteiger charge is 2.14. The second kappa shape index (κ2) is 3.98. The van der Waals surface area contributed by atoms with Crippen LogP contribution in [0, 0.1) is 0 Å². The standard InChI is InChI=1S/C9H12O4/c1-3-6(2)13-9(11)8-4-7(10)5-12-8/h4-6,10H,3H2,1-2H3. The van der Waals surface area contributed by atoms with Gasteiger partial charge < -0.3 is 14.3 Å². The molecule has 0 aliphatic rings. The zero-order valence-corrected chi connectivity index (χ0v) is 7.61. The van der Waals surface area contributed by atoms with Crippen molar-refractivity contribution in [3.63, 3.8) is 0 Å². The highest BCUT2D eigenvalue weighted by atomic mass is 16.6. The van der Waals surface area contributed by atoms with Crippen molar-refractivity contribution >= 4 is 5.97 Å². The first-order valence-electron chi connectivity index (χ1n) is 4.12. The molecule has 0 bridgehead atoms. The van der Waals surface area contributed by atoms with Crippen molar-refractivity contribution in [3.8, 4) is 5.75 Å². The first-order valence-corrected chi connectivity index (χ1v) is 4.12. The molecule has 0 radical (unpaired) electrons. The zero-order chi connectivity index (χ0) is 9.84. The summed E-state index contributed by atoms with van der Waals surface area (Å²) in [5, 5.41) is 8.89. The van der Waals surface area contributed by atoms with Crippen molar-refractivity contribution in [2.45, 2.75) is 26.4 Å². The van der Waals surface area contributed by atoms with E-state index in [0.29, 0.717) is 0 Å². The van der Waals surface area contributed by atoms with Crippen LogP contribution in [0.15, 0.2) is 16.7 Å². The number of carbonyl (C=O) groups is 1. The summed E-state index contributed by atoms with van der Waals surface area (Å²) >= 11 is 0. The summed E-state index contributed by atoms with van der Waals surface area (Å²) in [4.78, 5) is 11.2.